The van der Waals surface area contributed by atoms with Crippen molar-refractivity contribution in [1.29, 1.82) is 0 Å². The first-order valence-corrected chi connectivity index (χ1v) is 4.83. The molecule has 0 saturated heterocycles. The Bertz CT molecular complexity index is 387. The normalized spacial score (nSPS) is 10.2. The second kappa shape index (κ2) is 3.58. The fourth-order valence-electron chi connectivity index (χ4n) is 1.14. The number of carbonyl (C=O) groups excluding carboxylic acids is 1. The number of rotatable bonds is 3. The van der Waals surface area contributed by atoms with Gasteiger partial charge in [0.1, 0.15) is 5.76 Å². The molecule has 0 amide bonds. The summed E-state index contributed by atoms with van der Waals surface area (Å²) in [6.07, 6.45) is 1.49. The Kier molecular flexibility index (Phi) is 2.27. The van der Waals surface area contributed by atoms with E-state index in [-0.39, 0.29) is 0 Å². The predicted octanol–water partition coefficient (Wildman–Crippen LogP) is 2.74. The molecule has 0 aliphatic carbocycles. The minimum Gasteiger partial charge on any atom is -0.458 e. The molecule has 2 rings (SSSR count). The van der Waals surface area contributed by atoms with Crippen molar-refractivity contribution in [2.24, 2.45) is 0 Å². The predicted molar refractivity (Wildman–Crippen MR) is 51.2 cm³/mol. The molecule has 13 heavy (non-hydrogen) atoms. The van der Waals surface area contributed by atoms with Crippen molar-refractivity contribution < 1.29 is 9.21 Å². The lowest BCUT2D eigenvalue weighted by Gasteiger charge is -1.90. The molecule has 0 atom stereocenters. The molecule has 0 unspecified atom stereocenters. The van der Waals surface area contributed by atoms with Gasteiger partial charge in [0.2, 0.25) is 0 Å². The Hall–Kier alpha value is -1.35. The van der Waals surface area contributed by atoms with E-state index in [4.69, 9.17) is 4.42 Å². The Morgan fingerprint density at radius 3 is 2.92 bits per heavy atom. The molecule has 0 aromatic carbocycles. The third kappa shape index (κ3) is 1.87. The van der Waals surface area contributed by atoms with Gasteiger partial charge in [-0.3, -0.25) is 4.79 Å². The van der Waals surface area contributed by atoms with E-state index < -0.39 is 0 Å². The highest BCUT2D eigenvalue weighted by Gasteiger charge is 2.02. The largest absolute Gasteiger partial charge is 0.458 e. The lowest BCUT2D eigenvalue weighted by molar-refractivity contribution is 0.109. The lowest BCUT2D eigenvalue weighted by atomic mass is 10.3. The average molecular weight is 192 g/mol. The topological polar surface area (TPSA) is 30.2 Å². The molecule has 2 nitrogen and oxygen atoms in total. The summed E-state index contributed by atoms with van der Waals surface area (Å²) in [5.74, 6) is 1.23. The summed E-state index contributed by atoms with van der Waals surface area (Å²) in [7, 11) is 0. The van der Waals surface area contributed by atoms with Crippen molar-refractivity contribution in [3.8, 4) is 0 Å². The van der Waals surface area contributed by atoms with Gasteiger partial charge in [-0.1, -0.05) is 6.07 Å². The molecule has 3 heteroatoms. The summed E-state index contributed by atoms with van der Waals surface area (Å²) in [6, 6.07) is 7.58. The SMILES string of the molecule is O=Cc1ccc(Cc2cccs2)o1. The van der Waals surface area contributed by atoms with Crippen LogP contribution >= 0.6 is 11.3 Å². The van der Waals surface area contributed by atoms with E-state index in [1.165, 1.54) is 4.88 Å². The van der Waals surface area contributed by atoms with E-state index >= 15 is 0 Å². The zero-order valence-electron chi connectivity index (χ0n) is 6.90. The molecule has 2 aromatic rings. The number of furan rings is 1. The molecule has 0 fully saturated rings. The molecule has 0 bridgehead atoms. The molecule has 2 aromatic heterocycles. The molecule has 0 aliphatic rings. The van der Waals surface area contributed by atoms with E-state index in [1.807, 2.05) is 23.6 Å². The summed E-state index contributed by atoms with van der Waals surface area (Å²) < 4.78 is 5.24. The second-order valence-corrected chi connectivity index (χ2v) is 3.71. The highest BCUT2D eigenvalue weighted by Crippen LogP contribution is 2.16. The van der Waals surface area contributed by atoms with Crippen LogP contribution in [-0.2, 0) is 6.42 Å². The maximum atomic E-state index is 10.3. The molecule has 66 valence electrons. The number of hydrogen-bond acceptors (Lipinski definition) is 3. The zero-order valence-corrected chi connectivity index (χ0v) is 7.71. The van der Waals surface area contributed by atoms with Crippen molar-refractivity contribution >= 4 is 17.6 Å². The van der Waals surface area contributed by atoms with E-state index in [0.717, 1.165) is 18.5 Å². The van der Waals surface area contributed by atoms with E-state index in [0.29, 0.717) is 5.76 Å². The lowest BCUT2D eigenvalue weighted by Crippen LogP contribution is -1.79. The first-order valence-electron chi connectivity index (χ1n) is 3.95. The number of thiophene rings is 1. The van der Waals surface area contributed by atoms with Crippen LogP contribution in [0.4, 0.5) is 0 Å². The highest BCUT2D eigenvalue weighted by molar-refractivity contribution is 7.09. The van der Waals surface area contributed by atoms with Crippen molar-refractivity contribution in [3.63, 3.8) is 0 Å². The highest BCUT2D eigenvalue weighted by atomic mass is 32.1. The number of aldehydes is 1. The fraction of sp³-hybridized carbons (Fsp3) is 0.100. The molecule has 2 heterocycles. The molecule has 0 radical (unpaired) electrons. The number of hydrogen-bond donors (Lipinski definition) is 0. The van der Waals surface area contributed by atoms with Crippen LogP contribution in [0, 0.1) is 0 Å². The third-order valence-corrected chi connectivity index (χ3v) is 2.60. The van der Waals surface area contributed by atoms with Crippen molar-refractivity contribution in [2.45, 2.75) is 6.42 Å². The molecule has 0 spiro atoms. The van der Waals surface area contributed by atoms with Gasteiger partial charge >= 0.3 is 0 Å². The van der Waals surface area contributed by atoms with Gasteiger partial charge < -0.3 is 4.42 Å². The smallest absolute Gasteiger partial charge is 0.185 e. The Morgan fingerprint density at radius 1 is 1.38 bits per heavy atom. The third-order valence-electron chi connectivity index (χ3n) is 1.73. The van der Waals surface area contributed by atoms with Crippen molar-refractivity contribution in [1.82, 2.24) is 0 Å². The summed E-state index contributed by atoms with van der Waals surface area (Å²) in [5.41, 5.74) is 0. The van der Waals surface area contributed by atoms with Crippen LogP contribution < -0.4 is 0 Å². The Morgan fingerprint density at radius 2 is 2.31 bits per heavy atom. The molecule has 0 aliphatic heterocycles. The van der Waals surface area contributed by atoms with Crippen LogP contribution in [0.1, 0.15) is 21.2 Å². The van der Waals surface area contributed by atoms with Crippen molar-refractivity contribution in [2.75, 3.05) is 0 Å². The first kappa shape index (κ1) is 8.26. The zero-order chi connectivity index (χ0) is 9.10. The maximum absolute atomic E-state index is 10.3. The summed E-state index contributed by atoms with van der Waals surface area (Å²) in [4.78, 5) is 11.6. The van der Waals surface area contributed by atoms with Crippen LogP contribution in [0.15, 0.2) is 34.1 Å². The standard InChI is InChI=1S/C10H8O2S/c11-7-9-4-3-8(12-9)6-10-2-1-5-13-10/h1-5,7H,6H2. The second-order valence-electron chi connectivity index (χ2n) is 2.68. The van der Waals surface area contributed by atoms with Crippen molar-refractivity contribution in [3.05, 3.63) is 46.0 Å². The van der Waals surface area contributed by atoms with Gasteiger partial charge in [0.05, 0.1) is 0 Å². The van der Waals surface area contributed by atoms with Crippen LogP contribution in [0.3, 0.4) is 0 Å². The van der Waals surface area contributed by atoms with Crippen LogP contribution in [0.2, 0.25) is 0 Å². The van der Waals surface area contributed by atoms with Crippen LogP contribution in [-0.4, -0.2) is 6.29 Å². The summed E-state index contributed by atoms with van der Waals surface area (Å²) >= 11 is 1.69. The summed E-state index contributed by atoms with van der Waals surface area (Å²) in [5, 5.41) is 2.03. The van der Waals surface area contributed by atoms with Gasteiger partial charge in [0.15, 0.2) is 12.0 Å². The minimum absolute atomic E-state index is 0.395. The first-order chi connectivity index (χ1) is 6.38. The van der Waals surface area contributed by atoms with Gasteiger partial charge in [-0.2, -0.15) is 0 Å². The molecule has 0 saturated carbocycles. The molecular formula is C10H8O2S. The van der Waals surface area contributed by atoms with Gasteiger partial charge in [0.25, 0.3) is 0 Å². The van der Waals surface area contributed by atoms with E-state index in [9.17, 15) is 4.79 Å². The van der Waals surface area contributed by atoms with Gasteiger partial charge in [0, 0.05) is 11.3 Å². The van der Waals surface area contributed by atoms with Crippen LogP contribution in [0.25, 0.3) is 0 Å². The van der Waals surface area contributed by atoms with Gasteiger partial charge in [-0.05, 0) is 23.6 Å². The van der Waals surface area contributed by atoms with Crippen LogP contribution in [0.5, 0.6) is 0 Å². The molecule has 0 N–H and O–H groups in total. The monoisotopic (exact) mass is 192 g/mol. The average Bonchev–Trinajstić information content (AvgIpc) is 2.76. The van der Waals surface area contributed by atoms with Gasteiger partial charge in [-0.25, -0.2) is 0 Å². The Labute approximate surface area is 79.8 Å². The van der Waals surface area contributed by atoms with Gasteiger partial charge in [-0.15, -0.1) is 11.3 Å². The number of carbonyl (C=O) groups is 1. The van der Waals surface area contributed by atoms with E-state index in [2.05, 4.69) is 0 Å². The molecular weight excluding hydrogens is 184 g/mol. The Balaban J connectivity index is 2.14. The quantitative estimate of drug-likeness (QED) is 0.700. The minimum atomic E-state index is 0.395. The van der Waals surface area contributed by atoms with E-state index in [1.54, 1.807) is 17.4 Å². The fourth-order valence-corrected chi connectivity index (χ4v) is 1.85. The summed E-state index contributed by atoms with van der Waals surface area (Å²) in [6.45, 7) is 0. The maximum Gasteiger partial charge on any atom is 0.185 e.